The second kappa shape index (κ2) is 15.5. The first kappa shape index (κ1) is 35.7. The molecule has 0 radical (unpaired) electrons. The summed E-state index contributed by atoms with van der Waals surface area (Å²) >= 11 is 5.98. The van der Waals surface area contributed by atoms with Gasteiger partial charge in [0.1, 0.15) is 11.5 Å². The van der Waals surface area contributed by atoms with Crippen LogP contribution in [0, 0.1) is 5.82 Å². The lowest BCUT2D eigenvalue weighted by Gasteiger charge is -2.22. The van der Waals surface area contributed by atoms with E-state index in [1.54, 1.807) is 4.57 Å². The molecule has 0 atom stereocenters. The fourth-order valence-electron chi connectivity index (χ4n) is 4.64. The molecule has 9 nitrogen and oxygen atoms in total. The number of aromatic nitrogens is 3. The summed E-state index contributed by atoms with van der Waals surface area (Å²) in [5, 5.41) is 4.51. The van der Waals surface area contributed by atoms with Crippen LogP contribution in [0.15, 0.2) is 58.4 Å². The molecule has 2 aromatic carbocycles. The average molecular weight is 639 g/mol. The number of H-pyrrole nitrogens is 1. The van der Waals surface area contributed by atoms with Gasteiger partial charge in [0, 0.05) is 35.8 Å². The predicted octanol–water partition coefficient (Wildman–Crippen LogP) is 5.43. The molecule has 0 amide bonds. The topological polar surface area (TPSA) is 153 Å². The summed E-state index contributed by atoms with van der Waals surface area (Å²) in [6.45, 7) is 15.2. The fourth-order valence-corrected chi connectivity index (χ4v) is 5.04. The van der Waals surface area contributed by atoms with Crippen molar-refractivity contribution >= 4 is 28.6 Å². The number of benzene rings is 2. The van der Waals surface area contributed by atoms with E-state index in [1.807, 2.05) is 57.3 Å². The molecule has 0 fully saturated rings. The van der Waals surface area contributed by atoms with E-state index < -0.39 is 0 Å². The van der Waals surface area contributed by atoms with E-state index in [2.05, 4.69) is 47.1 Å². The van der Waals surface area contributed by atoms with E-state index >= 15 is 0 Å². The van der Waals surface area contributed by atoms with Crippen molar-refractivity contribution in [3.8, 4) is 5.69 Å². The number of rotatable bonds is 10. The van der Waals surface area contributed by atoms with Gasteiger partial charge in [-0.1, -0.05) is 71.3 Å². The standard InChI is InChI=1S/C21H29N7O.C13H19ClFN/c1-21(2,3)17-11-15-13-28(20(29)27-18(15)26-17)16-7-5-14(6-8-16)12-24-9-4-10-25-19(22)23;1-13(2,3)10-7-9(5-4-6-16)8-11(15)12(10)14/h5-8,11,13,24H,4,9-10,12H2,1-3H3,(H4,22,23,25)(H,26,27,29);7-8H,4-6,16H2,1-3H3. The number of hydrogen-bond donors (Lipinski definition) is 5. The van der Waals surface area contributed by atoms with Crippen LogP contribution in [-0.2, 0) is 23.8 Å². The lowest BCUT2D eigenvalue weighted by Crippen LogP contribution is -2.23. The Kier molecular flexibility index (Phi) is 12.3. The highest BCUT2D eigenvalue weighted by molar-refractivity contribution is 6.31. The molecular weight excluding hydrogens is 591 g/mol. The molecule has 2 aromatic heterocycles. The molecule has 8 N–H and O–H groups in total. The molecule has 0 saturated heterocycles. The summed E-state index contributed by atoms with van der Waals surface area (Å²) in [5.74, 6) is -0.209. The lowest BCUT2D eigenvalue weighted by molar-refractivity contribution is 0.570. The molecular formula is C34H48ClFN8O. The Bertz CT molecular complexity index is 1640. The van der Waals surface area contributed by atoms with Gasteiger partial charge in [-0.3, -0.25) is 9.56 Å². The number of nitrogens with zero attached hydrogens (tertiary/aromatic N) is 3. The Hall–Kier alpha value is -3.73. The van der Waals surface area contributed by atoms with E-state index in [9.17, 15) is 9.18 Å². The number of aryl methyl sites for hydroxylation is 1. The van der Waals surface area contributed by atoms with Crippen molar-refractivity contribution in [3.05, 3.63) is 92.4 Å². The largest absolute Gasteiger partial charge is 0.370 e. The third-order valence-corrected chi connectivity index (χ3v) is 7.62. The van der Waals surface area contributed by atoms with Crippen LogP contribution >= 0.6 is 11.6 Å². The van der Waals surface area contributed by atoms with Gasteiger partial charge in [-0.25, -0.2) is 9.18 Å². The molecule has 0 aliphatic heterocycles. The quantitative estimate of drug-likeness (QED) is 0.0887. The molecule has 0 aliphatic carbocycles. The van der Waals surface area contributed by atoms with Gasteiger partial charge in [0.05, 0.1) is 10.7 Å². The van der Waals surface area contributed by atoms with Gasteiger partial charge >= 0.3 is 5.69 Å². The van der Waals surface area contributed by atoms with Gasteiger partial charge in [0.15, 0.2) is 5.96 Å². The van der Waals surface area contributed by atoms with E-state index in [0.29, 0.717) is 18.7 Å². The van der Waals surface area contributed by atoms with Gasteiger partial charge < -0.3 is 27.5 Å². The molecule has 0 unspecified atom stereocenters. The molecule has 11 heteroatoms. The summed E-state index contributed by atoms with van der Waals surface area (Å²) in [7, 11) is 0. The maximum absolute atomic E-state index is 13.6. The lowest BCUT2D eigenvalue weighted by atomic mass is 9.85. The van der Waals surface area contributed by atoms with Crippen LogP contribution in [0.25, 0.3) is 16.7 Å². The van der Waals surface area contributed by atoms with Gasteiger partial charge in [-0.2, -0.15) is 4.98 Å². The highest BCUT2D eigenvalue weighted by atomic mass is 35.5. The zero-order chi connectivity index (χ0) is 33.4. The zero-order valence-electron chi connectivity index (χ0n) is 27.3. The summed E-state index contributed by atoms with van der Waals surface area (Å²) in [6.07, 6.45) is 4.37. The molecule has 0 aliphatic rings. The van der Waals surface area contributed by atoms with Gasteiger partial charge in [-0.05, 0) is 78.7 Å². The number of nitrogens with one attached hydrogen (secondary N) is 2. The molecule has 0 spiro atoms. The summed E-state index contributed by atoms with van der Waals surface area (Å²) in [4.78, 5) is 23.9. The number of halogens is 2. The van der Waals surface area contributed by atoms with Gasteiger partial charge in [-0.15, -0.1) is 0 Å². The van der Waals surface area contributed by atoms with E-state index in [-0.39, 0.29) is 33.3 Å². The van der Waals surface area contributed by atoms with Crippen molar-refractivity contribution in [1.82, 2.24) is 19.9 Å². The average Bonchev–Trinajstić information content (AvgIpc) is 3.38. The van der Waals surface area contributed by atoms with Gasteiger partial charge in [0.2, 0.25) is 0 Å². The first-order valence-electron chi connectivity index (χ1n) is 15.3. The summed E-state index contributed by atoms with van der Waals surface area (Å²) in [6, 6.07) is 13.4. The predicted molar refractivity (Wildman–Crippen MR) is 185 cm³/mol. The van der Waals surface area contributed by atoms with Crippen LogP contribution in [0.2, 0.25) is 5.02 Å². The zero-order valence-corrected chi connectivity index (χ0v) is 28.1. The highest BCUT2D eigenvalue weighted by Crippen LogP contribution is 2.32. The Morgan fingerprint density at radius 2 is 1.71 bits per heavy atom. The first-order chi connectivity index (χ1) is 21.1. The normalized spacial score (nSPS) is 11.8. The highest BCUT2D eigenvalue weighted by Gasteiger charge is 2.21. The number of guanidine groups is 1. The smallest absolute Gasteiger partial charge is 0.354 e. The molecule has 0 bridgehead atoms. The number of aromatic amines is 1. The van der Waals surface area contributed by atoms with Crippen LogP contribution in [0.5, 0.6) is 0 Å². The number of fused-ring (bicyclic) bond motifs is 1. The molecule has 4 aromatic rings. The van der Waals surface area contributed by atoms with Crippen LogP contribution in [0.1, 0.15) is 76.8 Å². The number of hydrogen-bond acceptors (Lipinski definition) is 5. The van der Waals surface area contributed by atoms with E-state index in [1.165, 1.54) is 6.07 Å². The number of aliphatic imine (C=N–C) groups is 1. The van der Waals surface area contributed by atoms with Crippen molar-refractivity contribution in [2.24, 2.45) is 22.2 Å². The molecule has 0 saturated carbocycles. The van der Waals surface area contributed by atoms with Gasteiger partial charge in [0.25, 0.3) is 0 Å². The third-order valence-electron chi connectivity index (χ3n) is 7.23. The van der Waals surface area contributed by atoms with Crippen LogP contribution in [0.4, 0.5) is 4.39 Å². The van der Waals surface area contributed by atoms with Crippen LogP contribution in [-0.4, -0.2) is 40.1 Å². The van der Waals surface area contributed by atoms with Crippen molar-refractivity contribution in [2.75, 3.05) is 19.6 Å². The maximum Gasteiger partial charge on any atom is 0.354 e. The number of nitrogens with two attached hydrogens (primary N) is 3. The minimum Gasteiger partial charge on any atom is -0.370 e. The summed E-state index contributed by atoms with van der Waals surface area (Å²) < 4.78 is 15.2. The van der Waals surface area contributed by atoms with Crippen LogP contribution in [0.3, 0.4) is 0 Å². The second-order valence-electron chi connectivity index (χ2n) is 13.2. The van der Waals surface area contributed by atoms with Crippen LogP contribution < -0.4 is 28.2 Å². The Labute approximate surface area is 270 Å². The Morgan fingerprint density at radius 3 is 2.31 bits per heavy atom. The molecule has 244 valence electrons. The van der Waals surface area contributed by atoms with Crippen molar-refractivity contribution < 1.29 is 4.39 Å². The minimum absolute atomic E-state index is 0.0352. The molecule has 4 rings (SSSR count). The first-order valence-corrected chi connectivity index (χ1v) is 15.6. The Morgan fingerprint density at radius 1 is 1.02 bits per heavy atom. The summed E-state index contributed by atoms with van der Waals surface area (Å²) in [5.41, 5.74) is 21.0. The van der Waals surface area contributed by atoms with Crippen molar-refractivity contribution in [1.29, 1.82) is 0 Å². The fraction of sp³-hybridized carbons (Fsp3) is 0.441. The minimum atomic E-state index is -0.332. The van der Waals surface area contributed by atoms with E-state index in [4.69, 9.17) is 28.8 Å². The van der Waals surface area contributed by atoms with E-state index in [0.717, 1.165) is 65.8 Å². The maximum atomic E-state index is 13.6. The van der Waals surface area contributed by atoms with Crippen molar-refractivity contribution in [3.63, 3.8) is 0 Å². The monoisotopic (exact) mass is 638 g/mol. The second-order valence-corrected chi connectivity index (χ2v) is 13.6. The third kappa shape index (κ3) is 10.4. The molecule has 2 heterocycles. The van der Waals surface area contributed by atoms with Crippen molar-refractivity contribution in [2.45, 2.75) is 78.2 Å². The Balaban J connectivity index is 0.000000292. The SMILES string of the molecule is CC(C)(C)c1cc(CCCN)cc(F)c1Cl.CC(C)(C)c1cc2cn(-c3ccc(CNCCCN=C(N)N)cc3)c(=O)nc2[nH]1. The molecule has 45 heavy (non-hydrogen) atoms.